The second-order valence-electron chi connectivity index (χ2n) is 6.94. The van der Waals surface area contributed by atoms with Crippen LogP contribution in [-0.4, -0.2) is 26.4 Å². The molecule has 0 bridgehead atoms. The fourth-order valence-corrected chi connectivity index (χ4v) is 4.10. The van der Waals surface area contributed by atoms with Crippen molar-refractivity contribution >= 4 is 33.0 Å². The first-order valence-electron chi connectivity index (χ1n) is 9.49. The number of nitro groups is 1. The van der Waals surface area contributed by atoms with Crippen molar-refractivity contribution in [2.45, 2.75) is 18.2 Å². The number of para-hydroxylation sites is 1. The smallest absolute Gasteiger partial charge is 0.273 e. The van der Waals surface area contributed by atoms with Gasteiger partial charge < -0.3 is 10.1 Å². The van der Waals surface area contributed by atoms with E-state index in [4.69, 9.17) is 4.74 Å². The summed E-state index contributed by atoms with van der Waals surface area (Å²) < 4.78 is 33.2. The van der Waals surface area contributed by atoms with Gasteiger partial charge in [0.05, 0.1) is 29.0 Å². The first-order valence-corrected chi connectivity index (χ1v) is 11.0. The number of hydrogen-bond acceptors (Lipinski definition) is 6. The van der Waals surface area contributed by atoms with E-state index in [2.05, 4.69) is 10.0 Å². The van der Waals surface area contributed by atoms with Gasteiger partial charge in [0.25, 0.3) is 15.7 Å². The normalized spacial score (nSPS) is 10.9. The van der Waals surface area contributed by atoms with Gasteiger partial charge in [-0.3, -0.25) is 19.6 Å². The molecule has 1 amide bonds. The Hall–Kier alpha value is -3.92. The highest BCUT2D eigenvalue weighted by Crippen LogP contribution is 2.28. The number of nitrogens with one attached hydrogen (secondary N) is 2. The topological polar surface area (TPSA) is 128 Å². The third-order valence-corrected chi connectivity index (χ3v) is 5.97. The van der Waals surface area contributed by atoms with Crippen molar-refractivity contribution in [3.05, 3.63) is 88.0 Å². The summed E-state index contributed by atoms with van der Waals surface area (Å²) in [5.74, 6) is -0.0735. The molecule has 0 heterocycles. The first kappa shape index (κ1) is 22.8. The Morgan fingerprint density at radius 1 is 1.06 bits per heavy atom. The van der Waals surface area contributed by atoms with Crippen LogP contribution in [0.1, 0.15) is 11.1 Å². The lowest BCUT2D eigenvalue weighted by atomic mass is 10.1. The Bertz CT molecular complexity index is 1260. The Kier molecular flexibility index (Phi) is 6.74. The molecule has 3 rings (SSSR count). The van der Waals surface area contributed by atoms with Crippen LogP contribution in [0.3, 0.4) is 0 Å². The number of methoxy groups -OCH3 is 1. The Morgan fingerprint density at radius 2 is 1.75 bits per heavy atom. The molecule has 0 radical (unpaired) electrons. The molecular formula is C22H21N3O6S. The van der Waals surface area contributed by atoms with Crippen molar-refractivity contribution in [2.24, 2.45) is 0 Å². The summed E-state index contributed by atoms with van der Waals surface area (Å²) in [5, 5.41) is 13.7. The average Bonchev–Trinajstić information content (AvgIpc) is 2.74. The minimum Gasteiger partial charge on any atom is -0.495 e. The molecule has 0 aliphatic rings. The van der Waals surface area contributed by atoms with Gasteiger partial charge in [-0.2, -0.15) is 0 Å². The van der Waals surface area contributed by atoms with Crippen molar-refractivity contribution in [1.82, 2.24) is 0 Å². The molecular weight excluding hydrogens is 434 g/mol. The quantitative estimate of drug-likeness (QED) is 0.392. The number of amides is 1. The lowest BCUT2D eigenvalue weighted by molar-refractivity contribution is -0.385. The molecule has 32 heavy (non-hydrogen) atoms. The van der Waals surface area contributed by atoms with E-state index >= 15 is 0 Å². The zero-order valence-corrected chi connectivity index (χ0v) is 18.2. The van der Waals surface area contributed by atoms with Crippen LogP contribution in [0.5, 0.6) is 5.75 Å². The summed E-state index contributed by atoms with van der Waals surface area (Å²) in [6.45, 7) is 1.83. The van der Waals surface area contributed by atoms with E-state index in [0.717, 1.165) is 5.56 Å². The molecule has 2 N–H and O–H groups in total. The van der Waals surface area contributed by atoms with E-state index in [1.54, 1.807) is 24.3 Å². The lowest BCUT2D eigenvalue weighted by Gasteiger charge is -2.13. The second-order valence-corrected chi connectivity index (χ2v) is 8.63. The SMILES string of the molecule is COc1ccc(C)cc1NS(=O)(=O)c1ccc(NC(=O)Cc2ccccc2[N+](=O)[O-])cc1. The van der Waals surface area contributed by atoms with Crippen molar-refractivity contribution in [1.29, 1.82) is 0 Å². The van der Waals surface area contributed by atoms with Gasteiger partial charge in [0.1, 0.15) is 5.75 Å². The highest BCUT2D eigenvalue weighted by Gasteiger charge is 2.18. The fraction of sp³-hybridized carbons (Fsp3) is 0.136. The number of carbonyl (C=O) groups is 1. The Balaban J connectivity index is 1.71. The van der Waals surface area contributed by atoms with Gasteiger partial charge in [0.2, 0.25) is 5.91 Å². The van der Waals surface area contributed by atoms with Crippen LogP contribution >= 0.6 is 0 Å². The number of aryl methyl sites for hydroxylation is 1. The third-order valence-electron chi connectivity index (χ3n) is 4.59. The molecule has 3 aromatic rings. The van der Waals surface area contributed by atoms with Crippen molar-refractivity contribution in [2.75, 3.05) is 17.1 Å². The van der Waals surface area contributed by atoms with Crippen LogP contribution in [0, 0.1) is 17.0 Å². The van der Waals surface area contributed by atoms with Crippen LogP contribution in [-0.2, 0) is 21.2 Å². The van der Waals surface area contributed by atoms with Crippen molar-refractivity contribution in [3.63, 3.8) is 0 Å². The van der Waals surface area contributed by atoms with Crippen LogP contribution in [0.15, 0.2) is 71.6 Å². The van der Waals surface area contributed by atoms with Gasteiger partial charge in [-0.15, -0.1) is 0 Å². The Morgan fingerprint density at radius 3 is 2.41 bits per heavy atom. The summed E-state index contributed by atoms with van der Waals surface area (Å²) in [6.07, 6.45) is -0.189. The zero-order chi connectivity index (χ0) is 23.3. The number of hydrogen-bond donors (Lipinski definition) is 2. The minimum absolute atomic E-state index is 0.00208. The predicted molar refractivity (Wildman–Crippen MR) is 120 cm³/mol. The Labute approximate surface area is 185 Å². The average molecular weight is 455 g/mol. The molecule has 0 spiro atoms. The molecule has 3 aromatic carbocycles. The number of carbonyl (C=O) groups excluding carboxylic acids is 1. The molecule has 0 fully saturated rings. The maximum absolute atomic E-state index is 12.7. The third kappa shape index (κ3) is 5.41. The summed E-state index contributed by atoms with van der Waals surface area (Å²) in [6, 6.07) is 16.7. The highest BCUT2D eigenvalue weighted by atomic mass is 32.2. The molecule has 166 valence electrons. The van der Waals surface area contributed by atoms with Crippen molar-refractivity contribution in [3.8, 4) is 5.75 Å². The fourth-order valence-electron chi connectivity index (χ4n) is 3.04. The number of benzene rings is 3. The van der Waals surface area contributed by atoms with E-state index in [9.17, 15) is 23.3 Å². The maximum atomic E-state index is 12.7. The predicted octanol–water partition coefficient (Wildman–Crippen LogP) is 3.89. The summed E-state index contributed by atoms with van der Waals surface area (Å²) >= 11 is 0. The van der Waals surface area contributed by atoms with E-state index < -0.39 is 20.9 Å². The molecule has 0 atom stereocenters. The van der Waals surface area contributed by atoms with Crippen LogP contribution in [0.2, 0.25) is 0 Å². The van der Waals surface area contributed by atoms with E-state index in [-0.39, 0.29) is 22.6 Å². The number of sulfonamides is 1. The second kappa shape index (κ2) is 9.48. The molecule has 0 aliphatic heterocycles. The first-order chi connectivity index (χ1) is 15.2. The molecule has 0 saturated carbocycles. The lowest BCUT2D eigenvalue weighted by Crippen LogP contribution is -2.16. The summed E-state index contributed by atoms with van der Waals surface area (Å²) in [5.41, 5.74) is 1.68. The van der Waals surface area contributed by atoms with Crippen LogP contribution in [0.25, 0.3) is 0 Å². The minimum atomic E-state index is -3.89. The van der Waals surface area contributed by atoms with Gasteiger partial charge in [-0.25, -0.2) is 8.42 Å². The van der Waals surface area contributed by atoms with Crippen LogP contribution < -0.4 is 14.8 Å². The molecule has 9 nitrogen and oxygen atoms in total. The van der Waals surface area contributed by atoms with E-state index in [1.807, 2.05) is 6.92 Å². The van der Waals surface area contributed by atoms with E-state index in [0.29, 0.717) is 17.1 Å². The number of ether oxygens (including phenoxy) is 1. The molecule has 0 aliphatic carbocycles. The standard InChI is InChI=1S/C22H21N3O6S/c1-15-7-12-21(31-2)19(13-15)24-32(29,30)18-10-8-17(9-11-18)23-22(26)14-16-5-3-4-6-20(16)25(27)28/h3-13,24H,14H2,1-2H3,(H,23,26). The number of nitrogens with zero attached hydrogens (tertiary/aromatic N) is 1. The van der Waals surface area contributed by atoms with Gasteiger partial charge in [0, 0.05) is 17.3 Å². The van der Waals surface area contributed by atoms with E-state index in [1.165, 1.54) is 49.6 Å². The van der Waals surface area contributed by atoms with Crippen molar-refractivity contribution < 1.29 is 22.9 Å². The number of nitro benzene ring substituents is 1. The summed E-state index contributed by atoms with van der Waals surface area (Å²) in [4.78, 5) is 22.8. The largest absolute Gasteiger partial charge is 0.495 e. The maximum Gasteiger partial charge on any atom is 0.273 e. The van der Waals surface area contributed by atoms with Crippen LogP contribution in [0.4, 0.5) is 17.1 Å². The highest BCUT2D eigenvalue weighted by molar-refractivity contribution is 7.92. The molecule has 0 saturated heterocycles. The zero-order valence-electron chi connectivity index (χ0n) is 17.4. The summed E-state index contributed by atoms with van der Waals surface area (Å²) in [7, 11) is -2.44. The number of anilines is 2. The number of rotatable bonds is 8. The molecule has 10 heteroatoms. The molecule has 0 unspecified atom stereocenters. The van der Waals surface area contributed by atoms with Gasteiger partial charge >= 0.3 is 0 Å². The van der Waals surface area contributed by atoms with Gasteiger partial charge in [-0.1, -0.05) is 24.3 Å². The van der Waals surface area contributed by atoms with Gasteiger partial charge in [-0.05, 0) is 48.9 Å². The monoisotopic (exact) mass is 455 g/mol. The molecule has 0 aromatic heterocycles. The van der Waals surface area contributed by atoms with Gasteiger partial charge in [0.15, 0.2) is 0 Å².